The molecule has 0 bridgehead atoms. The van der Waals surface area contributed by atoms with Gasteiger partial charge in [0.05, 0.1) is 6.21 Å². The molecule has 0 saturated carbocycles. The SMILES string of the molecule is C(=N\OCc1ccccc1)/c1cccnc1. The summed E-state index contributed by atoms with van der Waals surface area (Å²) in [4.78, 5) is 9.14. The van der Waals surface area contributed by atoms with Crippen LogP contribution in [0.5, 0.6) is 0 Å². The Hall–Kier alpha value is -2.16. The van der Waals surface area contributed by atoms with Gasteiger partial charge < -0.3 is 4.84 Å². The second kappa shape index (κ2) is 5.66. The van der Waals surface area contributed by atoms with Crippen LogP contribution < -0.4 is 0 Å². The van der Waals surface area contributed by atoms with Gasteiger partial charge in [-0.15, -0.1) is 0 Å². The quantitative estimate of drug-likeness (QED) is 0.576. The molecule has 0 aliphatic heterocycles. The van der Waals surface area contributed by atoms with Crippen molar-refractivity contribution in [2.45, 2.75) is 6.61 Å². The van der Waals surface area contributed by atoms with Gasteiger partial charge in [0.25, 0.3) is 0 Å². The fourth-order valence-corrected chi connectivity index (χ4v) is 1.24. The zero-order valence-corrected chi connectivity index (χ0v) is 8.78. The highest BCUT2D eigenvalue weighted by molar-refractivity contribution is 5.78. The molecule has 0 aliphatic carbocycles. The van der Waals surface area contributed by atoms with Crippen LogP contribution in [0.15, 0.2) is 60.0 Å². The Kier molecular flexibility index (Phi) is 3.66. The highest BCUT2D eigenvalue weighted by Crippen LogP contribution is 2.00. The van der Waals surface area contributed by atoms with Crippen LogP contribution in [0.2, 0.25) is 0 Å². The van der Waals surface area contributed by atoms with Crippen molar-refractivity contribution >= 4 is 6.21 Å². The van der Waals surface area contributed by atoms with Crippen molar-refractivity contribution in [3.63, 3.8) is 0 Å². The van der Waals surface area contributed by atoms with Gasteiger partial charge >= 0.3 is 0 Å². The summed E-state index contributed by atoms with van der Waals surface area (Å²) in [6.07, 6.45) is 5.10. The molecule has 3 heteroatoms. The van der Waals surface area contributed by atoms with E-state index in [0.29, 0.717) is 6.61 Å². The third-order valence-electron chi connectivity index (χ3n) is 2.03. The van der Waals surface area contributed by atoms with Gasteiger partial charge in [0, 0.05) is 18.0 Å². The monoisotopic (exact) mass is 212 g/mol. The van der Waals surface area contributed by atoms with Crippen LogP contribution in [0, 0.1) is 0 Å². The van der Waals surface area contributed by atoms with E-state index in [1.807, 2.05) is 42.5 Å². The van der Waals surface area contributed by atoms with E-state index in [1.165, 1.54) is 0 Å². The van der Waals surface area contributed by atoms with E-state index >= 15 is 0 Å². The summed E-state index contributed by atoms with van der Waals surface area (Å²) in [7, 11) is 0. The lowest BCUT2D eigenvalue weighted by atomic mass is 10.2. The normalized spacial score (nSPS) is 10.5. The Morgan fingerprint density at radius 2 is 2.00 bits per heavy atom. The highest BCUT2D eigenvalue weighted by atomic mass is 16.6. The molecular weight excluding hydrogens is 200 g/mol. The van der Waals surface area contributed by atoms with Gasteiger partial charge in [0.1, 0.15) is 6.61 Å². The number of hydrogen-bond donors (Lipinski definition) is 0. The van der Waals surface area contributed by atoms with Crippen LogP contribution in [0.3, 0.4) is 0 Å². The molecule has 2 aromatic rings. The van der Waals surface area contributed by atoms with Crippen LogP contribution in [-0.2, 0) is 11.4 Å². The maximum Gasteiger partial charge on any atom is 0.142 e. The van der Waals surface area contributed by atoms with Crippen LogP contribution in [0.1, 0.15) is 11.1 Å². The smallest absolute Gasteiger partial charge is 0.142 e. The van der Waals surface area contributed by atoms with E-state index in [-0.39, 0.29) is 0 Å². The van der Waals surface area contributed by atoms with E-state index in [1.54, 1.807) is 18.6 Å². The van der Waals surface area contributed by atoms with Crippen LogP contribution in [-0.4, -0.2) is 11.2 Å². The molecule has 0 unspecified atom stereocenters. The molecule has 3 nitrogen and oxygen atoms in total. The van der Waals surface area contributed by atoms with Crippen molar-refractivity contribution in [1.82, 2.24) is 4.98 Å². The molecule has 16 heavy (non-hydrogen) atoms. The predicted molar refractivity (Wildman–Crippen MR) is 63.1 cm³/mol. The molecule has 1 heterocycles. The van der Waals surface area contributed by atoms with Gasteiger partial charge in [-0.2, -0.15) is 0 Å². The van der Waals surface area contributed by atoms with Crippen molar-refractivity contribution in [3.05, 3.63) is 66.0 Å². The maximum absolute atomic E-state index is 5.17. The minimum atomic E-state index is 0.484. The van der Waals surface area contributed by atoms with Gasteiger partial charge in [-0.1, -0.05) is 41.6 Å². The number of benzene rings is 1. The third kappa shape index (κ3) is 3.20. The Morgan fingerprint density at radius 1 is 1.12 bits per heavy atom. The molecule has 0 radical (unpaired) electrons. The first kappa shape index (κ1) is 10.4. The fraction of sp³-hybridized carbons (Fsp3) is 0.0769. The summed E-state index contributed by atoms with van der Waals surface area (Å²) < 4.78 is 0. The second-order valence-corrected chi connectivity index (χ2v) is 3.28. The lowest BCUT2D eigenvalue weighted by Crippen LogP contribution is -1.87. The summed E-state index contributed by atoms with van der Waals surface area (Å²) in [6, 6.07) is 13.7. The largest absolute Gasteiger partial charge is 0.391 e. The van der Waals surface area contributed by atoms with E-state index in [9.17, 15) is 0 Å². The van der Waals surface area contributed by atoms with Gasteiger partial charge in [-0.05, 0) is 11.6 Å². The van der Waals surface area contributed by atoms with Crippen molar-refractivity contribution in [2.24, 2.45) is 5.16 Å². The van der Waals surface area contributed by atoms with E-state index in [4.69, 9.17) is 4.84 Å². The molecule has 0 spiro atoms. The van der Waals surface area contributed by atoms with Gasteiger partial charge in [-0.25, -0.2) is 0 Å². The molecule has 80 valence electrons. The van der Waals surface area contributed by atoms with Gasteiger partial charge in [0.15, 0.2) is 0 Å². The number of rotatable bonds is 4. The molecular formula is C13H12N2O. The predicted octanol–water partition coefficient (Wildman–Crippen LogP) is 2.63. The van der Waals surface area contributed by atoms with Crippen LogP contribution in [0.4, 0.5) is 0 Å². The maximum atomic E-state index is 5.17. The number of nitrogens with zero attached hydrogens (tertiary/aromatic N) is 2. The molecule has 0 aliphatic rings. The lowest BCUT2D eigenvalue weighted by Gasteiger charge is -1.98. The third-order valence-corrected chi connectivity index (χ3v) is 2.03. The van der Waals surface area contributed by atoms with Crippen molar-refractivity contribution < 1.29 is 4.84 Å². The Labute approximate surface area is 94.4 Å². The lowest BCUT2D eigenvalue weighted by molar-refractivity contribution is 0.132. The minimum Gasteiger partial charge on any atom is -0.391 e. The van der Waals surface area contributed by atoms with Crippen molar-refractivity contribution in [2.75, 3.05) is 0 Å². The van der Waals surface area contributed by atoms with Crippen molar-refractivity contribution in [1.29, 1.82) is 0 Å². The first-order valence-corrected chi connectivity index (χ1v) is 5.04. The summed E-state index contributed by atoms with van der Waals surface area (Å²) >= 11 is 0. The average Bonchev–Trinajstić information content (AvgIpc) is 2.37. The first-order chi connectivity index (χ1) is 7.95. The molecule has 0 amide bonds. The topological polar surface area (TPSA) is 34.5 Å². The summed E-state index contributed by atoms with van der Waals surface area (Å²) in [5.74, 6) is 0. The Bertz CT molecular complexity index is 440. The second-order valence-electron chi connectivity index (χ2n) is 3.28. The Morgan fingerprint density at radius 3 is 2.75 bits per heavy atom. The zero-order valence-electron chi connectivity index (χ0n) is 8.78. The molecule has 0 N–H and O–H groups in total. The minimum absolute atomic E-state index is 0.484. The van der Waals surface area contributed by atoms with Crippen LogP contribution in [0.25, 0.3) is 0 Å². The standard InChI is InChI=1S/C13H12N2O/c1-2-5-12(6-3-1)11-16-15-10-13-7-4-8-14-9-13/h1-10H,11H2/b15-10+. The summed E-state index contributed by atoms with van der Waals surface area (Å²) in [6.45, 7) is 0.484. The summed E-state index contributed by atoms with van der Waals surface area (Å²) in [5.41, 5.74) is 2.03. The number of pyridine rings is 1. The molecule has 0 fully saturated rings. The molecule has 1 aromatic carbocycles. The average molecular weight is 212 g/mol. The van der Waals surface area contributed by atoms with Crippen LogP contribution >= 0.6 is 0 Å². The van der Waals surface area contributed by atoms with E-state index in [0.717, 1.165) is 11.1 Å². The zero-order chi connectivity index (χ0) is 11.1. The molecule has 1 aromatic heterocycles. The number of oxime groups is 1. The number of aromatic nitrogens is 1. The molecule has 2 rings (SSSR count). The van der Waals surface area contributed by atoms with Gasteiger partial charge in [0.2, 0.25) is 0 Å². The van der Waals surface area contributed by atoms with Gasteiger partial charge in [-0.3, -0.25) is 4.98 Å². The Balaban J connectivity index is 1.83. The van der Waals surface area contributed by atoms with E-state index in [2.05, 4.69) is 10.1 Å². The fourth-order valence-electron chi connectivity index (χ4n) is 1.24. The molecule has 0 atom stereocenters. The molecule has 0 saturated heterocycles. The highest BCUT2D eigenvalue weighted by Gasteiger charge is 1.89. The first-order valence-electron chi connectivity index (χ1n) is 5.04. The summed E-state index contributed by atoms with van der Waals surface area (Å²) in [5, 5.41) is 3.87. The van der Waals surface area contributed by atoms with Crippen molar-refractivity contribution in [3.8, 4) is 0 Å². The van der Waals surface area contributed by atoms with E-state index < -0.39 is 0 Å². The number of hydrogen-bond acceptors (Lipinski definition) is 3.